The number of H-pyrrole nitrogens is 1. The lowest BCUT2D eigenvalue weighted by Gasteiger charge is -2.10. The first kappa shape index (κ1) is 14.9. The molecule has 1 aromatic heterocycles. The molecular weight excluding hydrogens is 298 g/mol. The average molecular weight is 310 g/mol. The summed E-state index contributed by atoms with van der Waals surface area (Å²) in [6, 6.07) is 4.69. The Kier molecular flexibility index (Phi) is 4.13. The van der Waals surface area contributed by atoms with Crippen LogP contribution < -0.4 is 21.3 Å². The summed E-state index contributed by atoms with van der Waals surface area (Å²) in [7, 11) is 2.72. The van der Waals surface area contributed by atoms with Crippen LogP contribution in [0.4, 0.5) is 5.69 Å². The van der Waals surface area contributed by atoms with Crippen LogP contribution in [0.15, 0.2) is 34.0 Å². The van der Waals surface area contributed by atoms with E-state index >= 15 is 0 Å². The highest BCUT2D eigenvalue weighted by molar-refractivity contribution is 6.31. The second-order valence-corrected chi connectivity index (χ2v) is 4.61. The molecule has 7 nitrogen and oxygen atoms in total. The maximum Gasteiger partial charge on any atom is 0.328 e. The number of nitrogens with zero attached hydrogens (tertiary/aromatic N) is 1. The molecule has 0 fully saturated rings. The van der Waals surface area contributed by atoms with Gasteiger partial charge in [-0.25, -0.2) is 4.79 Å². The zero-order valence-electron chi connectivity index (χ0n) is 11.3. The molecule has 0 aliphatic rings. The maximum absolute atomic E-state index is 12.1. The molecule has 0 saturated heterocycles. The van der Waals surface area contributed by atoms with Crippen molar-refractivity contribution in [3.8, 4) is 5.75 Å². The van der Waals surface area contributed by atoms with E-state index in [4.69, 9.17) is 16.3 Å². The number of hydrogen-bond donors (Lipinski definition) is 2. The number of hydrogen-bond acceptors (Lipinski definition) is 4. The van der Waals surface area contributed by atoms with Gasteiger partial charge in [-0.05, 0) is 18.2 Å². The third kappa shape index (κ3) is 2.97. The second-order valence-electron chi connectivity index (χ2n) is 4.17. The molecule has 0 spiro atoms. The quantitative estimate of drug-likeness (QED) is 0.884. The Morgan fingerprint density at radius 1 is 1.38 bits per heavy atom. The van der Waals surface area contributed by atoms with Gasteiger partial charge in [-0.1, -0.05) is 11.6 Å². The Morgan fingerprint density at radius 3 is 2.76 bits per heavy atom. The summed E-state index contributed by atoms with van der Waals surface area (Å²) in [5.41, 5.74) is -1.17. The second kappa shape index (κ2) is 5.84. The topological polar surface area (TPSA) is 93.2 Å². The van der Waals surface area contributed by atoms with Crippen molar-refractivity contribution in [1.29, 1.82) is 0 Å². The van der Waals surface area contributed by atoms with E-state index in [0.29, 0.717) is 16.5 Å². The van der Waals surface area contributed by atoms with Crippen LogP contribution in [0.25, 0.3) is 0 Å². The molecular formula is C13H12ClN3O4. The van der Waals surface area contributed by atoms with Crippen LogP contribution in [0.2, 0.25) is 5.02 Å². The number of anilines is 1. The van der Waals surface area contributed by atoms with Crippen molar-refractivity contribution in [3.05, 3.63) is 55.8 Å². The molecule has 0 aliphatic carbocycles. The van der Waals surface area contributed by atoms with E-state index < -0.39 is 17.2 Å². The lowest BCUT2D eigenvalue weighted by atomic mass is 10.2. The van der Waals surface area contributed by atoms with Gasteiger partial charge < -0.3 is 15.0 Å². The number of ether oxygens (including phenoxy) is 1. The molecule has 21 heavy (non-hydrogen) atoms. The predicted octanol–water partition coefficient (Wildman–Crippen LogP) is 0.988. The van der Waals surface area contributed by atoms with Crippen LogP contribution in [0.3, 0.4) is 0 Å². The third-order valence-electron chi connectivity index (χ3n) is 2.83. The first-order valence-electron chi connectivity index (χ1n) is 5.87. The molecule has 0 bridgehead atoms. The number of carbonyl (C=O) groups excluding carboxylic acids is 1. The summed E-state index contributed by atoms with van der Waals surface area (Å²) in [6.07, 6.45) is 1.07. The smallest absolute Gasteiger partial charge is 0.328 e. The summed E-state index contributed by atoms with van der Waals surface area (Å²) in [5, 5.41) is 2.93. The normalized spacial score (nSPS) is 10.2. The Balaban J connectivity index is 2.39. The molecule has 0 unspecified atom stereocenters. The van der Waals surface area contributed by atoms with Gasteiger partial charge in [-0.2, -0.15) is 0 Å². The molecule has 0 radical (unpaired) electrons. The number of methoxy groups -OCH3 is 1. The molecule has 2 N–H and O–H groups in total. The number of nitrogens with one attached hydrogen (secondary N) is 2. The summed E-state index contributed by atoms with van der Waals surface area (Å²) < 4.78 is 5.91. The van der Waals surface area contributed by atoms with Gasteiger partial charge in [0.2, 0.25) is 0 Å². The van der Waals surface area contributed by atoms with Crippen molar-refractivity contribution >= 4 is 23.2 Å². The minimum Gasteiger partial charge on any atom is -0.495 e. The first-order valence-corrected chi connectivity index (χ1v) is 6.25. The molecule has 1 amide bonds. The Labute approximate surface area is 124 Å². The fraction of sp³-hybridized carbons (Fsp3) is 0.154. The Morgan fingerprint density at radius 2 is 2.10 bits per heavy atom. The van der Waals surface area contributed by atoms with Gasteiger partial charge in [-0.15, -0.1) is 0 Å². The van der Waals surface area contributed by atoms with Gasteiger partial charge in [0.1, 0.15) is 11.3 Å². The van der Waals surface area contributed by atoms with Gasteiger partial charge >= 0.3 is 5.69 Å². The molecule has 1 aromatic carbocycles. The number of amides is 1. The van der Waals surface area contributed by atoms with Crippen LogP contribution in [0, 0.1) is 0 Å². The number of halogens is 1. The molecule has 1 heterocycles. The van der Waals surface area contributed by atoms with E-state index in [0.717, 1.165) is 10.8 Å². The number of aromatic nitrogens is 2. The van der Waals surface area contributed by atoms with Crippen LogP contribution in [-0.2, 0) is 7.05 Å². The van der Waals surface area contributed by atoms with E-state index in [-0.39, 0.29) is 5.56 Å². The molecule has 0 saturated carbocycles. The van der Waals surface area contributed by atoms with Gasteiger partial charge in [-0.3, -0.25) is 14.2 Å². The van der Waals surface area contributed by atoms with Gasteiger partial charge in [0.05, 0.1) is 12.8 Å². The predicted molar refractivity (Wildman–Crippen MR) is 78.3 cm³/mol. The highest BCUT2D eigenvalue weighted by Crippen LogP contribution is 2.27. The average Bonchev–Trinajstić information content (AvgIpc) is 2.45. The number of carbonyl (C=O) groups is 1. The van der Waals surface area contributed by atoms with E-state index in [1.54, 1.807) is 12.1 Å². The summed E-state index contributed by atoms with van der Waals surface area (Å²) in [6.45, 7) is 0. The van der Waals surface area contributed by atoms with Crippen molar-refractivity contribution in [2.45, 2.75) is 0 Å². The zero-order valence-corrected chi connectivity index (χ0v) is 12.0. The maximum atomic E-state index is 12.1. The SMILES string of the molecule is COc1ccc(Cl)cc1NC(=O)c1c[nH]c(=O)n(C)c1=O. The van der Waals surface area contributed by atoms with Crippen molar-refractivity contribution in [3.63, 3.8) is 0 Å². The standard InChI is InChI=1S/C13H12ClN3O4/c1-17-12(19)8(6-15-13(17)20)11(18)16-9-5-7(14)3-4-10(9)21-2/h3-6H,1-2H3,(H,15,20)(H,16,18). The number of rotatable bonds is 3. The fourth-order valence-corrected chi connectivity index (χ4v) is 1.87. The molecule has 110 valence electrons. The Hall–Kier alpha value is -2.54. The molecule has 0 aliphatic heterocycles. The van der Waals surface area contributed by atoms with Crippen molar-refractivity contribution in [1.82, 2.24) is 9.55 Å². The molecule has 8 heteroatoms. The lowest BCUT2D eigenvalue weighted by molar-refractivity contribution is 0.102. The van der Waals surface area contributed by atoms with Crippen LogP contribution in [0.5, 0.6) is 5.75 Å². The fourth-order valence-electron chi connectivity index (χ4n) is 1.70. The largest absolute Gasteiger partial charge is 0.495 e. The minimum atomic E-state index is -0.697. The van der Waals surface area contributed by atoms with E-state index in [2.05, 4.69) is 10.3 Å². The number of benzene rings is 1. The van der Waals surface area contributed by atoms with E-state index in [1.807, 2.05) is 0 Å². The summed E-state index contributed by atoms with van der Waals surface area (Å²) in [4.78, 5) is 37.6. The van der Waals surface area contributed by atoms with E-state index in [9.17, 15) is 14.4 Å². The highest BCUT2D eigenvalue weighted by atomic mass is 35.5. The third-order valence-corrected chi connectivity index (χ3v) is 3.07. The van der Waals surface area contributed by atoms with E-state index in [1.165, 1.54) is 20.2 Å². The van der Waals surface area contributed by atoms with Crippen LogP contribution >= 0.6 is 11.6 Å². The molecule has 0 atom stereocenters. The Bertz CT molecular complexity index is 810. The van der Waals surface area contributed by atoms with Crippen molar-refractivity contribution in [2.24, 2.45) is 7.05 Å². The molecule has 2 aromatic rings. The van der Waals surface area contributed by atoms with Gasteiger partial charge in [0.25, 0.3) is 11.5 Å². The lowest BCUT2D eigenvalue weighted by Crippen LogP contribution is -2.37. The van der Waals surface area contributed by atoms with Crippen molar-refractivity contribution < 1.29 is 9.53 Å². The van der Waals surface area contributed by atoms with Crippen LogP contribution in [0.1, 0.15) is 10.4 Å². The van der Waals surface area contributed by atoms with Gasteiger partial charge in [0, 0.05) is 18.3 Å². The minimum absolute atomic E-state index is 0.195. The number of aromatic amines is 1. The monoisotopic (exact) mass is 309 g/mol. The summed E-state index contributed by atoms with van der Waals surface area (Å²) >= 11 is 5.86. The van der Waals surface area contributed by atoms with Crippen molar-refractivity contribution in [2.75, 3.05) is 12.4 Å². The first-order chi connectivity index (χ1) is 9.93. The summed E-state index contributed by atoms with van der Waals surface area (Å²) in [5.74, 6) is -0.276. The molecule has 2 rings (SSSR count). The van der Waals surface area contributed by atoms with Gasteiger partial charge in [0.15, 0.2) is 0 Å². The zero-order chi connectivity index (χ0) is 15.6. The highest BCUT2D eigenvalue weighted by Gasteiger charge is 2.15. The van der Waals surface area contributed by atoms with Crippen LogP contribution in [-0.4, -0.2) is 22.6 Å².